The summed E-state index contributed by atoms with van der Waals surface area (Å²) in [4.78, 5) is 15.2. The van der Waals surface area contributed by atoms with E-state index in [1.54, 1.807) is 0 Å². The molecule has 0 saturated carbocycles. The van der Waals surface area contributed by atoms with Gasteiger partial charge in [-0.2, -0.15) is 11.8 Å². The Hall–Kier alpha value is -1.78. The topological polar surface area (TPSA) is 32.3 Å². The molecule has 4 rings (SSSR count). The molecule has 2 aliphatic rings. The molecule has 0 atom stereocenters. The zero-order valence-corrected chi connectivity index (χ0v) is 16.9. The van der Waals surface area contributed by atoms with Crippen LogP contribution < -0.4 is 5.32 Å². The lowest BCUT2D eigenvalue weighted by atomic mass is 9.90. The highest BCUT2D eigenvalue weighted by molar-refractivity contribution is 7.99. The van der Waals surface area contributed by atoms with E-state index >= 15 is 0 Å². The molecule has 1 aliphatic heterocycles. The smallest absolute Gasteiger partial charge is 0.255 e. The number of fused-ring (bicyclic) bond motifs is 1. The van der Waals surface area contributed by atoms with Gasteiger partial charge in [0.25, 0.3) is 5.91 Å². The highest BCUT2D eigenvalue weighted by Crippen LogP contribution is 2.24. The van der Waals surface area contributed by atoms with Gasteiger partial charge in [0, 0.05) is 42.4 Å². The van der Waals surface area contributed by atoms with E-state index in [0.29, 0.717) is 0 Å². The molecule has 1 N–H and O–H groups in total. The van der Waals surface area contributed by atoms with Crippen LogP contribution in [-0.2, 0) is 19.4 Å². The third kappa shape index (κ3) is 4.56. The number of nitrogens with zero attached hydrogens (tertiary/aromatic N) is 1. The van der Waals surface area contributed by atoms with Crippen LogP contribution in [0, 0.1) is 6.92 Å². The van der Waals surface area contributed by atoms with Crippen LogP contribution in [0.25, 0.3) is 0 Å². The van der Waals surface area contributed by atoms with Crippen molar-refractivity contribution in [3.8, 4) is 0 Å². The van der Waals surface area contributed by atoms with Gasteiger partial charge in [0.2, 0.25) is 0 Å². The number of hydrogen-bond acceptors (Lipinski definition) is 3. The Balaban J connectivity index is 1.43. The quantitative estimate of drug-likeness (QED) is 0.836. The first-order valence-corrected chi connectivity index (χ1v) is 11.2. The highest BCUT2D eigenvalue weighted by atomic mass is 32.2. The summed E-state index contributed by atoms with van der Waals surface area (Å²) in [6.45, 7) is 5.42. The number of aryl methyl sites for hydroxylation is 3. The van der Waals surface area contributed by atoms with Gasteiger partial charge < -0.3 is 5.32 Å². The normalized spacial score (nSPS) is 17.4. The lowest BCUT2D eigenvalue weighted by Crippen LogP contribution is -2.31. The summed E-state index contributed by atoms with van der Waals surface area (Å²) in [5, 5.41) is 3.11. The van der Waals surface area contributed by atoms with Gasteiger partial charge >= 0.3 is 0 Å². The molecule has 2 aromatic carbocycles. The zero-order valence-electron chi connectivity index (χ0n) is 16.1. The highest BCUT2D eigenvalue weighted by Gasteiger charge is 2.15. The number of amides is 1. The zero-order chi connectivity index (χ0) is 18.6. The van der Waals surface area contributed by atoms with Crippen molar-refractivity contribution in [2.45, 2.75) is 39.2 Å². The molecule has 1 saturated heterocycles. The fourth-order valence-electron chi connectivity index (χ4n) is 4.05. The first-order chi connectivity index (χ1) is 13.2. The van der Waals surface area contributed by atoms with Crippen LogP contribution in [0.3, 0.4) is 0 Å². The third-order valence-electron chi connectivity index (χ3n) is 5.66. The molecule has 1 amide bonds. The van der Waals surface area contributed by atoms with E-state index < -0.39 is 0 Å². The molecule has 1 aliphatic carbocycles. The Morgan fingerprint density at radius 3 is 2.59 bits per heavy atom. The van der Waals surface area contributed by atoms with Crippen molar-refractivity contribution < 1.29 is 4.79 Å². The predicted octanol–water partition coefficient (Wildman–Crippen LogP) is 4.67. The summed E-state index contributed by atoms with van der Waals surface area (Å²) in [6.07, 6.45) is 4.74. The van der Waals surface area contributed by atoms with E-state index in [1.165, 1.54) is 54.1 Å². The number of carbonyl (C=O) groups is 1. The standard InChI is InChI=1S/C23H28N2OS/c1-17-14-18(16-25-10-12-27-13-11-25)6-9-22(17)24-23(26)21-8-7-19-4-2-3-5-20(19)15-21/h6-9,14-15H,2-5,10-13,16H2,1H3,(H,24,26). The Morgan fingerprint density at radius 1 is 1.04 bits per heavy atom. The van der Waals surface area contributed by atoms with Crippen LogP contribution in [0.1, 0.15) is 45.5 Å². The van der Waals surface area contributed by atoms with Gasteiger partial charge in [-0.1, -0.05) is 18.2 Å². The van der Waals surface area contributed by atoms with Crippen molar-refractivity contribution in [3.05, 3.63) is 64.2 Å². The number of thioether (sulfide) groups is 1. The third-order valence-corrected chi connectivity index (χ3v) is 6.60. The molecule has 0 aromatic heterocycles. The van der Waals surface area contributed by atoms with E-state index in [4.69, 9.17) is 0 Å². The first kappa shape index (κ1) is 18.6. The Morgan fingerprint density at radius 2 is 1.81 bits per heavy atom. The van der Waals surface area contributed by atoms with Crippen molar-refractivity contribution in [2.75, 3.05) is 29.9 Å². The molecule has 1 heterocycles. The lowest BCUT2D eigenvalue weighted by molar-refractivity contribution is 0.102. The van der Waals surface area contributed by atoms with E-state index in [-0.39, 0.29) is 5.91 Å². The van der Waals surface area contributed by atoms with Gasteiger partial charge in [0.05, 0.1) is 0 Å². The van der Waals surface area contributed by atoms with Crippen LogP contribution in [0.4, 0.5) is 5.69 Å². The second kappa shape index (κ2) is 8.49. The molecular formula is C23H28N2OS. The molecular weight excluding hydrogens is 352 g/mol. The monoisotopic (exact) mass is 380 g/mol. The summed E-state index contributed by atoms with van der Waals surface area (Å²) in [5.41, 5.74) is 6.90. The Labute approximate surface area is 166 Å². The van der Waals surface area contributed by atoms with Crippen molar-refractivity contribution in [2.24, 2.45) is 0 Å². The number of rotatable bonds is 4. The van der Waals surface area contributed by atoms with Crippen LogP contribution in [0.15, 0.2) is 36.4 Å². The van der Waals surface area contributed by atoms with E-state index in [9.17, 15) is 4.79 Å². The van der Waals surface area contributed by atoms with Crippen LogP contribution in [0.2, 0.25) is 0 Å². The van der Waals surface area contributed by atoms with Crippen molar-refractivity contribution in [1.29, 1.82) is 0 Å². The minimum absolute atomic E-state index is 0.00715. The van der Waals surface area contributed by atoms with Gasteiger partial charge in [-0.15, -0.1) is 0 Å². The van der Waals surface area contributed by atoms with Crippen molar-refractivity contribution in [3.63, 3.8) is 0 Å². The van der Waals surface area contributed by atoms with Gasteiger partial charge in [-0.05, 0) is 73.1 Å². The fourth-order valence-corrected chi connectivity index (χ4v) is 5.03. The van der Waals surface area contributed by atoms with E-state index in [0.717, 1.165) is 36.2 Å². The maximum absolute atomic E-state index is 12.7. The molecule has 3 nitrogen and oxygen atoms in total. The second-order valence-electron chi connectivity index (χ2n) is 7.68. The van der Waals surface area contributed by atoms with Gasteiger partial charge in [-0.3, -0.25) is 9.69 Å². The predicted molar refractivity (Wildman–Crippen MR) is 115 cm³/mol. The molecule has 142 valence electrons. The molecule has 4 heteroatoms. The van der Waals surface area contributed by atoms with Crippen molar-refractivity contribution >= 4 is 23.4 Å². The number of benzene rings is 2. The minimum atomic E-state index is -0.00715. The number of carbonyl (C=O) groups excluding carboxylic acids is 1. The molecule has 0 spiro atoms. The number of anilines is 1. The molecule has 27 heavy (non-hydrogen) atoms. The minimum Gasteiger partial charge on any atom is -0.322 e. The Kier molecular flexibility index (Phi) is 5.84. The van der Waals surface area contributed by atoms with Gasteiger partial charge in [-0.25, -0.2) is 0 Å². The number of nitrogens with one attached hydrogen (secondary N) is 1. The summed E-state index contributed by atoms with van der Waals surface area (Å²) in [7, 11) is 0. The first-order valence-electron chi connectivity index (χ1n) is 10.0. The van der Waals surface area contributed by atoms with Gasteiger partial charge in [0.1, 0.15) is 0 Å². The van der Waals surface area contributed by atoms with Crippen LogP contribution in [0.5, 0.6) is 0 Å². The Bertz CT molecular complexity index is 827. The van der Waals surface area contributed by atoms with Crippen LogP contribution in [-0.4, -0.2) is 35.4 Å². The molecule has 0 bridgehead atoms. The molecule has 1 fully saturated rings. The van der Waals surface area contributed by atoms with E-state index in [2.05, 4.69) is 47.5 Å². The maximum atomic E-state index is 12.7. The van der Waals surface area contributed by atoms with Crippen LogP contribution >= 0.6 is 11.8 Å². The largest absolute Gasteiger partial charge is 0.322 e. The summed E-state index contributed by atoms with van der Waals surface area (Å²) in [5.74, 6) is 2.45. The average molecular weight is 381 g/mol. The van der Waals surface area contributed by atoms with Crippen molar-refractivity contribution in [1.82, 2.24) is 4.90 Å². The summed E-state index contributed by atoms with van der Waals surface area (Å²) >= 11 is 2.04. The molecule has 0 unspecified atom stereocenters. The van der Waals surface area contributed by atoms with E-state index in [1.807, 2.05) is 17.8 Å². The lowest BCUT2D eigenvalue weighted by Gasteiger charge is -2.26. The average Bonchev–Trinajstić information content (AvgIpc) is 2.70. The molecule has 2 aromatic rings. The fraction of sp³-hybridized carbons (Fsp3) is 0.435. The molecule has 0 radical (unpaired) electrons. The maximum Gasteiger partial charge on any atom is 0.255 e. The second-order valence-corrected chi connectivity index (χ2v) is 8.91. The number of hydrogen-bond donors (Lipinski definition) is 1. The summed E-state index contributed by atoms with van der Waals surface area (Å²) < 4.78 is 0. The summed E-state index contributed by atoms with van der Waals surface area (Å²) in [6, 6.07) is 12.6. The van der Waals surface area contributed by atoms with Gasteiger partial charge in [0.15, 0.2) is 0 Å². The SMILES string of the molecule is Cc1cc(CN2CCSCC2)ccc1NC(=O)c1ccc2c(c1)CCCC2.